The standard InChI is InChI=1S/C30H35F2N7O5S/c1-15-27(21-10-17-6-9-23(39(30(31)32)45(3,42)43)35-28(17)36(21)14-16-4-5-16)34-24-11-18(12-25(44-2)37(15)24)29(41)38-19-7-8-20(38)26(33)22(40)13-19/h6,9-12,16,19-20,22,26,30,40H,4-5,7-8,13-14,33H2,1-3H3/t19-,20+,22+,26-/m1/s1. The molecule has 1 saturated carbocycles. The number of carbonyl (C=O) groups is 1. The number of nitrogens with two attached hydrogens (primary N) is 1. The number of hydrogen-bond acceptors (Lipinski definition) is 8. The van der Waals surface area contributed by atoms with Crippen LogP contribution >= 0.6 is 0 Å². The van der Waals surface area contributed by atoms with E-state index in [9.17, 15) is 27.1 Å². The van der Waals surface area contributed by atoms with Gasteiger partial charge >= 0.3 is 6.55 Å². The summed E-state index contributed by atoms with van der Waals surface area (Å²) in [6.07, 6.45) is 4.06. The summed E-state index contributed by atoms with van der Waals surface area (Å²) in [6, 6.07) is 7.29. The first-order valence-corrected chi connectivity index (χ1v) is 16.8. The third-order valence-corrected chi connectivity index (χ3v) is 10.5. The van der Waals surface area contributed by atoms with Gasteiger partial charge in [-0.2, -0.15) is 13.1 Å². The van der Waals surface area contributed by atoms with E-state index >= 15 is 0 Å². The number of carbonyl (C=O) groups excluding carboxylic acids is 1. The summed E-state index contributed by atoms with van der Waals surface area (Å²) in [4.78, 5) is 25.0. The predicted molar refractivity (Wildman–Crippen MR) is 163 cm³/mol. The average molecular weight is 644 g/mol. The van der Waals surface area contributed by atoms with Crippen molar-refractivity contribution in [3.05, 3.63) is 41.6 Å². The lowest BCUT2D eigenvalue weighted by Gasteiger charge is -2.41. The molecule has 0 spiro atoms. The molecule has 4 aromatic heterocycles. The molecule has 7 rings (SSSR count). The molecule has 2 bridgehead atoms. The molecular formula is C30H35F2N7O5S. The normalized spacial score (nSPS) is 23.4. The molecule has 0 unspecified atom stereocenters. The minimum Gasteiger partial charge on any atom is -0.482 e. The molecule has 4 atom stereocenters. The van der Waals surface area contributed by atoms with Gasteiger partial charge in [-0.3, -0.25) is 9.20 Å². The van der Waals surface area contributed by atoms with Crippen LogP contribution in [0, 0.1) is 12.8 Å². The number of halogens is 2. The highest BCUT2D eigenvalue weighted by atomic mass is 32.2. The summed E-state index contributed by atoms with van der Waals surface area (Å²) in [6.45, 7) is -0.853. The first-order chi connectivity index (χ1) is 21.4. The minimum atomic E-state index is -4.28. The number of sulfonamides is 1. The summed E-state index contributed by atoms with van der Waals surface area (Å²) < 4.78 is 61.5. The van der Waals surface area contributed by atoms with Crippen LogP contribution in [0.4, 0.5) is 14.6 Å². The van der Waals surface area contributed by atoms with E-state index in [4.69, 9.17) is 15.5 Å². The van der Waals surface area contributed by atoms with E-state index in [-0.39, 0.29) is 28.1 Å². The van der Waals surface area contributed by atoms with E-state index in [0.29, 0.717) is 58.4 Å². The minimum absolute atomic E-state index is 0.0161. The molecule has 15 heteroatoms. The van der Waals surface area contributed by atoms with Gasteiger partial charge in [-0.15, -0.1) is 0 Å². The molecule has 3 fully saturated rings. The number of methoxy groups -OCH3 is 1. The number of pyridine rings is 2. The number of imidazole rings is 1. The van der Waals surface area contributed by atoms with Gasteiger partial charge in [0.2, 0.25) is 10.0 Å². The number of aromatic nitrogens is 4. The Labute approximate surface area is 258 Å². The van der Waals surface area contributed by atoms with Crippen molar-refractivity contribution in [1.82, 2.24) is 23.8 Å². The SMILES string of the molecule is COc1cc(C(=O)N2[C@@H]3CC[C@H]2[C@@H](N)[C@@H](O)C3)cc2nc(-c3cc4ccc(N(C(F)F)S(C)(=O)=O)nc4n3CC3CC3)c(C)n12. The van der Waals surface area contributed by atoms with Crippen LogP contribution in [0.1, 0.15) is 48.2 Å². The summed E-state index contributed by atoms with van der Waals surface area (Å²) >= 11 is 0. The summed E-state index contributed by atoms with van der Waals surface area (Å²) in [5.41, 5.74) is 9.56. The summed E-state index contributed by atoms with van der Waals surface area (Å²) in [5, 5.41) is 11.0. The smallest absolute Gasteiger partial charge is 0.329 e. The van der Waals surface area contributed by atoms with Crippen LogP contribution in [0.5, 0.6) is 5.88 Å². The molecule has 0 aromatic carbocycles. The number of alkyl halides is 2. The van der Waals surface area contributed by atoms with Crippen molar-refractivity contribution < 1.29 is 31.8 Å². The molecule has 2 aliphatic heterocycles. The van der Waals surface area contributed by atoms with Crippen LogP contribution in [-0.4, -0.2) is 87.4 Å². The molecule has 3 N–H and O–H groups in total. The van der Waals surface area contributed by atoms with Gasteiger partial charge in [0.05, 0.1) is 42.9 Å². The van der Waals surface area contributed by atoms with Crippen molar-refractivity contribution in [3.63, 3.8) is 0 Å². The molecule has 1 aliphatic carbocycles. The average Bonchev–Trinajstić information content (AvgIpc) is 3.52. The molecule has 12 nitrogen and oxygen atoms in total. The second-order valence-electron chi connectivity index (χ2n) is 12.4. The topological polar surface area (TPSA) is 148 Å². The number of nitrogens with zero attached hydrogens (tertiary/aromatic N) is 6. The zero-order valence-corrected chi connectivity index (χ0v) is 25.9. The van der Waals surface area contributed by atoms with Gasteiger partial charge in [-0.1, -0.05) is 0 Å². The maximum Gasteiger partial charge on any atom is 0.329 e. The fourth-order valence-electron chi connectivity index (χ4n) is 7.07. The van der Waals surface area contributed by atoms with Crippen LogP contribution in [0.2, 0.25) is 0 Å². The van der Waals surface area contributed by atoms with Crippen molar-refractivity contribution in [1.29, 1.82) is 0 Å². The Bertz CT molecular complexity index is 1940. The number of aliphatic hydroxyl groups is 1. The largest absolute Gasteiger partial charge is 0.482 e. The van der Waals surface area contributed by atoms with Crippen molar-refractivity contribution in [3.8, 4) is 17.3 Å². The third kappa shape index (κ3) is 4.91. The van der Waals surface area contributed by atoms with Crippen LogP contribution in [0.3, 0.4) is 0 Å². The highest BCUT2D eigenvalue weighted by molar-refractivity contribution is 7.92. The lowest BCUT2D eigenvalue weighted by molar-refractivity contribution is 0.0163. The van der Waals surface area contributed by atoms with E-state index in [1.54, 1.807) is 23.1 Å². The van der Waals surface area contributed by atoms with Gasteiger partial charge in [0.1, 0.15) is 22.8 Å². The Hall–Kier alpha value is -3.82. The van der Waals surface area contributed by atoms with E-state index in [1.165, 1.54) is 13.2 Å². The van der Waals surface area contributed by atoms with E-state index in [2.05, 4.69) is 4.98 Å². The number of amides is 1. The third-order valence-electron chi connectivity index (χ3n) is 9.43. The monoisotopic (exact) mass is 643 g/mol. The molecule has 4 aromatic rings. The van der Waals surface area contributed by atoms with Crippen molar-refractivity contribution in [2.24, 2.45) is 11.7 Å². The van der Waals surface area contributed by atoms with Crippen LogP contribution in [0.15, 0.2) is 30.3 Å². The molecular weight excluding hydrogens is 608 g/mol. The first kappa shape index (κ1) is 29.9. The fourth-order valence-corrected chi connectivity index (χ4v) is 7.80. The molecule has 240 valence electrons. The zero-order valence-electron chi connectivity index (χ0n) is 25.1. The number of rotatable bonds is 8. The Morgan fingerprint density at radius 1 is 1.18 bits per heavy atom. The van der Waals surface area contributed by atoms with Gasteiger partial charge in [0, 0.05) is 29.6 Å². The second kappa shape index (κ2) is 10.6. The number of fused-ring (bicyclic) bond motifs is 4. The highest BCUT2D eigenvalue weighted by Crippen LogP contribution is 2.39. The molecule has 45 heavy (non-hydrogen) atoms. The van der Waals surface area contributed by atoms with E-state index in [1.807, 2.05) is 22.0 Å². The second-order valence-corrected chi connectivity index (χ2v) is 14.3. The highest BCUT2D eigenvalue weighted by Gasteiger charge is 2.47. The fraction of sp³-hybridized carbons (Fsp3) is 0.500. The molecule has 6 heterocycles. The molecule has 1 amide bonds. The van der Waals surface area contributed by atoms with Gasteiger partial charge in [0.25, 0.3) is 5.91 Å². The van der Waals surface area contributed by atoms with Crippen molar-refractivity contribution in [2.75, 3.05) is 17.7 Å². The molecule has 2 saturated heterocycles. The summed E-state index contributed by atoms with van der Waals surface area (Å²) in [5.74, 6) is 0.220. The maximum atomic E-state index is 13.9. The predicted octanol–water partition coefficient (Wildman–Crippen LogP) is 3.13. The van der Waals surface area contributed by atoms with Gasteiger partial charge in [-0.05, 0) is 69.2 Å². The Balaban J connectivity index is 1.34. The van der Waals surface area contributed by atoms with Crippen LogP contribution < -0.4 is 14.8 Å². The first-order valence-electron chi connectivity index (χ1n) is 15.0. The number of hydrogen-bond donors (Lipinski definition) is 2. The van der Waals surface area contributed by atoms with E-state index in [0.717, 1.165) is 37.6 Å². The molecule has 3 aliphatic rings. The quantitative estimate of drug-likeness (QED) is 0.279. The number of piperidine rings is 1. The van der Waals surface area contributed by atoms with Gasteiger partial charge in [0.15, 0.2) is 5.88 Å². The number of aliphatic hydroxyl groups excluding tert-OH is 1. The zero-order chi connectivity index (χ0) is 31.9. The van der Waals surface area contributed by atoms with Gasteiger partial charge in [-0.25, -0.2) is 18.4 Å². The Morgan fingerprint density at radius 2 is 1.93 bits per heavy atom. The molecule has 0 radical (unpaired) electrons. The Kier molecular flexibility index (Phi) is 7.05. The lowest BCUT2D eigenvalue weighted by atomic mass is 9.94. The number of anilines is 1. The van der Waals surface area contributed by atoms with Crippen LogP contribution in [-0.2, 0) is 16.6 Å². The van der Waals surface area contributed by atoms with Crippen molar-refractivity contribution >= 4 is 38.4 Å². The lowest BCUT2D eigenvalue weighted by Crippen LogP contribution is -2.59. The van der Waals surface area contributed by atoms with E-state index < -0.39 is 28.7 Å². The number of aryl methyl sites for hydroxylation is 1. The summed E-state index contributed by atoms with van der Waals surface area (Å²) in [7, 11) is -2.76. The maximum absolute atomic E-state index is 13.9. The van der Waals surface area contributed by atoms with Crippen molar-refractivity contribution in [2.45, 2.75) is 76.4 Å². The van der Waals surface area contributed by atoms with Gasteiger partial charge < -0.3 is 25.0 Å². The Morgan fingerprint density at radius 3 is 2.60 bits per heavy atom. The van der Waals surface area contributed by atoms with Crippen LogP contribution in [0.25, 0.3) is 28.1 Å². The number of ether oxygens (including phenoxy) is 1.